The molecule has 1 amide bonds. The molecule has 134 valence electrons. The van der Waals surface area contributed by atoms with Crippen molar-refractivity contribution in [2.75, 3.05) is 16.8 Å². The summed E-state index contributed by atoms with van der Waals surface area (Å²) < 4.78 is 0. The van der Waals surface area contributed by atoms with Crippen LogP contribution in [-0.2, 0) is 6.42 Å². The van der Waals surface area contributed by atoms with Crippen LogP contribution in [0.4, 0.5) is 17.1 Å². The fourth-order valence-corrected chi connectivity index (χ4v) is 3.30. The molecule has 0 unspecified atom stereocenters. The Morgan fingerprint density at radius 2 is 1.81 bits per heavy atom. The molecule has 0 radical (unpaired) electrons. The molecule has 0 bridgehead atoms. The van der Waals surface area contributed by atoms with Crippen molar-refractivity contribution >= 4 is 28.8 Å². The number of hydrogen-bond donors (Lipinski definition) is 1. The van der Waals surface area contributed by atoms with Gasteiger partial charge >= 0.3 is 0 Å². The van der Waals surface area contributed by atoms with Crippen LogP contribution in [0.25, 0.3) is 0 Å². The van der Waals surface area contributed by atoms with Crippen molar-refractivity contribution in [1.29, 1.82) is 0 Å². The van der Waals surface area contributed by atoms with E-state index < -0.39 is 0 Å². The van der Waals surface area contributed by atoms with Crippen LogP contribution in [0.5, 0.6) is 0 Å². The Kier molecular flexibility index (Phi) is 4.42. The van der Waals surface area contributed by atoms with Gasteiger partial charge in [-0.3, -0.25) is 14.6 Å². The van der Waals surface area contributed by atoms with Crippen LogP contribution in [0.15, 0.2) is 66.9 Å². The first-order valence-corrected chi connectivity index (χ1v) is 8.86. The fraction of sp³-hybridized carbons (Fsp3) is 0.136. The lowest BCUT2D eigenvalue weighted by Gasteiger charge is -2.17. The Hall–Kier alpha value is -3.47. The molecule has 1 aliphatic rings. The maximum Gasteiger partial charge on any atom is 0.276 e. The number of anilines is 3. The van der Waals surface area contributed by atoms with Gasteiger partial charge in [-0.2, -0.15) is 0 Å². The number of nitrogens with zero attached hydrogens (tertiary/aromatic N) is 2. The molecule has 27 heavy (non-hydrogen) atoms. The van der Waals surface area contributed by atoms with E-state index >= 15 is 0 Å². The predicted octanol–water partition coefficient (Wildman–Crippen LogP) is 4.23. The molecular formula is C22H19N3O2. The second kappa shape index (κ2) is 7.03. The molecule has 5 nitrogen and oxygen atoms in total. The summed E-state index contributed by atoms with van der Waals surface area (Å²) in [5.74, 6) is -0.0990. The molecule has 0 spiro atoms. The molecule has 0 saturated carbocycles. The Labute approximate surface area is 157 Å². The van der Waals surface area contributed by atoms with Gasteiger partial charge in [0.25, 0.3) is 5.91 Å². The van der Waals surface area contributed by atoms with Crippen molar-refractivity contribution in [3.05, 3.63) is 83.7 Å². The van der Waals surface area contributed by atoms with E-state index in [1.165, 1.54) is 12.5 Å². The van der Waals surface area contributed by atoms with E-state index in [2.05, 4.69) is 16.4 Å². The first kappa shape index (κ1) is 17.0. The zero-order chi connectivity index (χ0) is 18.8. The van der Waals surface area contributed by atoms with Crippen molar-refractivity contribution in [3.63, 3.8) is 0 Å². The Bertz CT molecular complexity index is 1030. The first-order valence-electron chi connectivity index (χ1n) is 8.86. The molecule has 5 heteroatoms. The number of carbonyl (C=O) groups excluding carboxylic acids is 2. The molecule has 2 heterocycles. The third-order valence-electron chi connectivity index (χ3n) is 4.67. The van der Waals surface area contributed by atoms with Gasteiger partial charge in [-0.25, -0.2) is 0 Å². The number of ketones is 1. The van der Waals surface area contributed by atoms with Gasteiger partial charge < -0.3 is 10.2 Å². The molecule has 0 atom stereocenters. The predicted molar refractivity (Wildman–Crippen MR) is 106 cm³/mol. The molecule has 2 aromatic carbocycles. The summed E-state index contributed by atoms with van der Waals surface area (Å²) in [4.78, 5) is 30.5. The number of Topliss-reactive ketones (excluding diaryl/α,β-unsaturated/α-hetero) is 1. The van der Waals surface area contributed by atoms with E-state index in [1.54, 1.807) is 35.4 Å². The Morgan fingerprint density at radius 3 is 2.67 bits per heavy atom. The van der Waals surface area contributed by atoms with Crippen molar-refractivity contribution in [3.8, 4) is 0 Å². The number of aromatic nitrogens is 1. The summed E-state index contributed by atoms with van der Waals surface area (Å²) in [6, 6.07) is 18.8. The van der Waals surface area contributed by atoms with Gasteiger partial charge in [0.1, 0.15) is 5.69 Å². The number of fused-ring (bicyclic) bond motifs is 1. The van der Waals surface area contributed by atoms with Crippen LogP contribution >= 0.6 is 0 Å². The van der Waals surface area contributed by atoms with Crippen molar-refractivity contribution in [2.45, 2.75) is 13.3 Å². The third-order valence-corrected chi connectivity index (χ3v) is 4.67. The molecular weight excluding hydrogens is 338 g/mol. The minimum atomic E-state index is -0.110. The topological polar surface area (TPSA) is 62.3 Å². The normalized spacial score (nSPS) is 12.6. The minimum absolute atomic E-state index is 0.0111. The second-order valence-corrected chi connectivity index (χ2v) is 6.53. The van der Waals surface area contributed by atoms with Crippen LogP contribution in [-0.4, -0.2) is 23.2 Å². The van der Waals surface area contributed by atoms with Crippen LogP contribution in [0.3, 0.4) is 0 Å². The zero-order valence-electron chi connectivity index (χ0n) is 15.0. The number of carbonyl (C=O) groups is 2. The second-order valence-electron chi connectivity index (χ2n) is 6.53. The zero-order valence-corrected chi connectivity index (χ0v) is 15.0. The molecule has 0 saturated heterocycles. The average Bonchev–Trinajstić information content (AvgIpc) is 3.12. The lowest BCUT2D eigenvalue weighted by Crippen LogP contribution is -2.29. The van der Waals surface area contributed by atoms with E-state index in [1.807, 2.05) is 30.3 Å². The summed E-state index contributed by atoms with van der Waals surface area (Å²) in [5.41, 5.74) is 4.71. The van der Waals surface area contributed by atoms with Crippen LogP contribution < -0.4 is 10.2 Å². The van der Waals surface area contributed by atoms with Gasteiger partial charge in [0, 0.05) is 35.4 Å². The number of pyridine rings is 1. The standard InChI is InChI=1S/C22H19N3O2/c1-15(26)17-6-4-7-18(13-17)24-19-9-11-23-20(14-19)22(27)25-12-10-16-5-2-3-8-21(16)25/h2-9,11,13-14H,10,12H2,1H3,(H,23,24). The summed E-state index contributed by atoms with van der Waals surface area (Å²) in [5, 5.41) is 3.24. The van der Waals surface area contributed by atoms with Crippen molar-refractivity contribution in [1.82, 2.24) is 4.98 Å². The quantitative estimate of drug-likeness (QED) is 0.710. The minimum Gasteiger partial charge on any atom is -0.355 e. The summed E-state index contributed by atoms with van der Waals surface area (Å²) in [6.07, 6.45) is 2.48. The number of amides is 1. The lowest BCUT2D eigenvalue weighted by atomic mass is 10.1. The van der Waals surface area contributed by atoms with Gasteiger partial charge in [0.2, 0.25) is 0 Å². The third kappa shape index (κ3) is 3.44. The number of rotatable bonds is 4. The molecule has 0 fully saturated rings. The largest absolute Gasteiger partial charge is 0.355 e. The van der Waals surface area contributed by atoms with Crippen molar-refractivity contribution < 1.29 is 9.59 Å². The van der Waals surface area contributed by atoms with E-state index in [4.69, 9.17) is 0 Å². The lowest BCUT2D eigenvalue weighted by molar-refractivity contribution is 0.0982. The van der Waals surface area contributed by atoms with Crippen LogP contribution in [0.1, 0.15) is 33.3 Å². The average molecular weight is 357 g/mol. The smallest absolute Gasteiger partial charge is 0.276 e. The van der Waals surface area contributed by atoms with E-state index in [9.17, 15) is 9.59 Å². The molecule has 1 aromatic heterocycles. The highest BCUT2D eigenvalue weighted by molar-refractivity contribution is 6.06. The number of hydrogen-bond acceptors (Lipinski definition) is 4. The van der Waals surface area contributed by atoms with Gasteiger partial charge in [0.15, 0.2) is 5.78 Å². The van der Waals surface area contributed by atoms with Crippen molar-refractivity contribution in [2.24, 2.45) is 0 Å². The van der Waals surface area contributed by atoms with Crippen LogP contribution in [0, 0.1) is 0 Å². The maximum absolute atomic E-state index is 12.9. The number of nitrogens with one attached hydrogen (secondary N) is 1. The highest BCUT2D eigenvalue weighted by Gasteiger charge is 2.26. The summed E-state index contributed by atoms with van der Waals surface area (Å²) in [7, 11) is 0. The maximum atomic E-state index is 12.9. The van der Waals surface area contributed by atoms with Gasteiger partial charge in [-0.05, 0) is 49.2 Å². The first-order chi connectivity index (χ1) is 13.1. The molecule has 0 aliphatic carbocycles. The fourth-order valence-electron chi connectivity index (χ4n) is 3.30. The highest BCUT2D eigenvalue weighted by Crippen LogP contribution is 2.29. The van der Waals surface area contributed by atoms with Gasteiger partial charge in [0.05, 0.1) is 0 Å². The van der Waals surface area contributed by atoms with E-state index in [-0.39, 0.29) is 11.7 Å². The highest BCUT2D eigenvalue weighted by atomic mass is 16.2. The summed E-state index contributed by atoms with van der Waals surface area (Å²) >= 11 is 0. The Balaban J connectivity index is 1.57. The number of para-hydroxylation sites is 1. The van der Waals surface area contributed by atoms with Crippen LogP contribution in [0.2, 0.25) is 0 Å². The molecule has 1 aliphatic heterocycles. The van der Waals surface area contributed by atoms with Gasteiger partial charge in [-0.1, -0.05) is 30.3 Å². The Morgan fingerprint density at radius 1 is 1.00 bits per heavy atom. The summed E-state index contributed by atoms with van der Waals surface area (Å²) in [6.45, 7) is 2.20. The van der Waals surface area contributed by atoms with E-state index in [0.29, 0.717) is 17.8 Å². The SMILES string of the molecule is CC(=O)c1cccc(Nc2ccnc(C(=O)N3CCc4ccccc43)c2)c1. The molecule has 4 rings (SSSR count). The van der Waals surface area contributed by atoms with Gasteiger partial charge in [-0.15, -0.1) is 0 Å². The molecule has 3 aromatic rings. The number of benzene rings is 2. The van der Waals surface area contributed by atoms with E-state index in [0.717, 1.165) is 23.5 Å². The molecule has 1 N–H and O–H groups in total. The monoisotopic (exact) mass is 357 g/mol.